The first-order valence-electron chi connectivity index (χ1n) is 27.0. The summed E-state index contributed by atoms with van der Waals surface area (Å²) in [4.78, 5) is 68.3. The van der Waals surface area contributed by atoms with Gasteiger partial charge in [0.2, 0.25) is 11.9 Å². The van der Waals surface area contributed by atoms with Crippen LogP contribution >= 0.6 is 34.8 Å². The van der Waals surface area contributed by atoms with Gasteiger partial charge in [0.1, 0.15) is 5.82 Å². The van der Waals surface area contributed by atoms with Crippen molar-refractivity contribution >= 4 is 124 Å². The number of anilines is 8. The second-order valence-corrected chi connectivity index (χ2v) is 25.8. The number of rotatable bonds is 16. The summed E-state index contributed by atoms with van der Waals surface area (Å²) in [7, 11) is -6.80. The van der Waals surface area contributed by atoms with Crippen LogP contribution in [-0.2, 0) is 25.9 Å². The Labute approximate surface area is 517 Å². The number of nitrogens with one attached hydrogen (secondary N) is 7. The van der Waals surface area contributed by atoms with Crippen molar-refractivity contribution in [1.29, 1.82) is 0 Å². The molecule has 8 aromatic rings. The molecular weight excluding hydrogens is 1250 g/mol. The molecule has 0 bridgehead atoms. The SMILES string of the molecule is O=C(Nc1ccc(Cl)c(C(=O)Nc2cnc(Nc3ccc(S(=O)(=O)C4CCCCC4)cc3)nc2)c1)c1cccc(Cl)c1.O=C(Nc1ccc(Cl)c(C(=O)Nc2cnc(Nc3ccc(S(=O)(=O)C4CCNCC4)cc3)nc2)c1)c1cc(C(F)(F)F)ccc1F. The van der Waals surface area contributed by atoms with Crippen LogP contribution in [0.2, 0.25) is 15.1 Å². The number of piperidine rings is 1. The van der Waals surface area contributed by atoms with Gasteiger partial charge in [0.05, 0.1) is 88.8 Å². The Kier molecular flexibility index (Phi) is 20.4. The summed E-state index contributed by atoms with van der Waals surface area (Å²) in [6.45, 7) is 1.31. The minimum atomic E-state index is -4.78. The molecule has 0 spiro atoms. The third-order valence-corrected chi connectivity index (χ3v) is 19.4. The van der Waals surface area contributed by atoms with E-state index in [1.54, 1.807) is 60.7 Å². The maximum atomic E-state index is 14.1. The Morgan fingerprint density at radius 3 is 1.38 bits per heavy atom. The van der Waals surface area contributed by atoms with E-state index in [9.17, 15) is 53.6 Å². The van der Waals surface area contributed by atoms with Gasteiger partial charge in [0.15, 0.2) is 19.7 Å². The van der Waals surface area contributed by atoms with Gasteiger partial charge in [0, 0.05) is 33.3 Å². The zero-order valence-electron chi connectivity index (χ0n) is 46.0. The Balaban J connectivity index is 0.000000210. The number of alkyl halides is 3. The highest BCUT2D eigenvalue weighted by atomic mass is 35.5. The molecule has 4 amide bonds. The summed E-state index contributed by atoms with van der Waals surface area (Å²) in [5.41, 5.74) is 0.389. The predicted molar refractivity (Wildman–Crippen MR) is 328 cm³/mol. The second kappa shape index (κ2) is 28.1. The quantitative estimate of drug-likeness (QED) is 0.0443. The molecule has 28 heteroatoms. The normalized spacial score (nSPS) is 13.9. The van der Waals surface area contributed by atoms with E-state index in [0.29, 0.717) is 95.2 Å². The number of sulfone groups is 2. The smallest absolute Gasteiger partial charge is 0.324 e. The Morgan fingerprint density at radius 2 is 0.909 bits per heavy atom. The van der Waals surface area contributed by atoms with Crippen LogP contribution in [0.5, 0.6) is 0 Å². The number of halogens is 7. The van der Waals surface area contributed by atoms with E-state index in [1.165, 1.54) is 73.3 Å². The van der Waals surface area contributed by atoms with Gasteiger partial charge in [-0.25, -0.2) is 41.2 Å². The molecule has 1 saturated heterocycles. The van der Waals surface area contributed by atoms with Crippen LogP contribution in [0.15, 0.2) is 162 Å². The molecular formula is C60H52Cl3F4N11O8S2. The van der Waals surface area contributed by atoms with E-state index >= 15 is 0 Å². The van der Waals surface area contributed by atoms with Crippen molar-refractivity contribution in [1.82, 2.24) is 25.3 Å². The van der Waals surface area contributed by atoms with Crippen molar-refractivity contribution < 1.29 is 53.6 Å². The molecule has 2 aliphatic rings. The summed E-state index contributed by atoms with van der Waals surface area (Å²) in [5, 5.41) is 19.2. The van der Waals surface area contributed by atoms with Crippen molar-refractivity contribution in [2.75, 3.05) is 45.0 Å². The van der Waals surface area contributed by atoms with Crippen LogP contribution in [0.3, 0.4) is 0 Å². The van der Waals surface area contributed by atoms with Gasteiger partial charge < -0.3 is 37.2 Å². The fraction of sp³-hybridized carbons (Fsp3) is 0.200. The third-order valence-electron chi connectivity index (χ3n) is 14.0. The highest BCUT2D eigenvalue weighted by Crippen LogP contribution is 2.33. The number of nitrogens with zero attached hydrogens (tertiary/aromatic N) is 4. The predicted octanol–water partition coefficient (Wildman–Crippen LogP) is 13.2. The lowest BCUT2D eigenvalue weighted by Crippen LogP contribution is -2.35. The molecule has 1 aliphatic carbocycles. The van der Waals surface area contributed by atoms with Crippen molar-refractivity contribution in [3.63, 3.8) is 0 Å². The number of carbonyl (C=O) groups excluding carboxylic acids is 4. The monoisotopic (exact) mass is 1300 g/mol. The number of benzene rings is 6. The van der Waals surface area contributed by atoms with Gasteiger partial charge >= 0.3 is 6.18 Å². The third kappa shape index (κ3) is 16.3. The van der Waals surface area contributed by atoms with Crippen molar-refractivity contribution in [3.8, 4) is 0 Å². The molecule has 1 saturated carbocycles. The molecule has 6 aromatic carbocycles. The van der Waals surface area contributed by atoms with Crippen molar-refractivity contribution in [3.05, 3.63) is 201 Å². The Hall–Kier alpha value is -8.59. The van der Waals surface area contributed by atoms with E-state index in [0.717, 1.165) is 19.3 Å². The van der Waals surface area contributed by atoms with Crippen LogP contribution in [0.1, 0.15) is 91.9 Å². The molecule has 456 valence electrons. The van der Waals surface area contributed by atoms with Crippen LogP contribution < -0.4 is 37.2 Å². The molecule has 19 nitrogen and oxygen atoms in total. The molecule has 7 N–H and O–H groups in total. The Bertz CT molecular complexity index is 4110. The first kappa shape index (κ1) is 63.9. The van der Waals surface area contributed by atoms with E-state index in [4.69, 9.17) is 34.8 Å². The topological polar surface area (TPSA) is 272 Å². The number of hydrogen-bond donors (Lipinski definition) is 7. The van der Waals surface area contributed by atoms with E-state index < -0.39 is 65.8 Å². The average Bonchev–Trinajstić information content (AvgIpc) is 2.40. The number of carbonyl (C=O) groups is 4. The molecule has 10 rings (SSSR count). The summed E-state index contributed by atoms with van der Waals surface area (Å²) >= 11 is 18.4. The molecule has 3 heterocycles. The highest BCUT2D eigenvalue weighted by molar-refractivity contribution is 7.92. The number of aromatic nitrogens is 4. The van der Waals surface area contributed by atoms with Crippen molar-refractivity contribution in [2.24, 2.45) is 0 Å². The summed E-state index contributed by atoms with van der Waals surface area (Å²) in [6.07, 6.45) is 6.17. The Morgan fingerprint density at radius 1 is 0.477 bits per heavy atom. The molecule has 0 atom stereocenters. The standard InChI is InChI=1S/C30H27Cl2N5O4S.C30H25ClF4N6O4S/c31-20-6-4-5-19(15-20)28(38)35-22-11-14-27(32)26(16-22)29(39)36-23-17-33-30(34-18-23)37-21-9-12-25(13-10-21)42(40,41)24-7-2-1-3-8-24;31-25-7-4-19(39-28(43)24-13-17(30(33,34)35)1-8-26(24)32)14-23(25)27(42)40-20-15-37-29(38-16-20)41-18-2-5-21(6-3-18)46(44,45)22-9-11-36-12-10-22/h4-6,9-18,24H,1-3,7-8H2,(H,35,38)(H,36,39)(H,33,34,37);1-8,13-16,22,36H,9-12H2,(H,39,43)(H,40,42)(H,37,38,41). The van der Waals surface area contributed by atoms with Crippen LogP contribution in [0, 0.1) is 5.82 Å². The summed E-state index contributed by atoms with van der Waals surface area (Å²) < 4.78 is 105. The van der Waals surface area contributed by atoms with Gasteiger partial charge in [-0.2, -0.15) is 13.2 Å². The van der Waals surface area contributed by atoms with Gasteiger partial charge in [0.25, 0.3) is 23.6 Å². The number of hydrogen-bond acceptors (Lipinski definition) is 15. The van der Waals surface area contributed by atoms with Gasteiger partial charge in [-0.1, -0.05) is 60.1 Å². The first-order chi connectivity index (χ1) is 42.0. The minimum Gasteiger partial charge on any atom is -0.324 e. The molecule has 0 unspecified atom stereocenters. The second-order valence-electron chi connectivity index (χ2n) is 20.1. The van der Waals surface area contributed by atoms with Crippen LogP contribution in [0.4, 0.5) is 63.6 Å². The molecule has 88 heavy (non-hydrogen) atoms. The molecule has 0 radical (unpaired) electrons. The summed E-state index contributed by atoms with van der Waals surface area (Å²) in [6, 6.07) is 29.0. The average molecular weight is 1300 g/mol. The van der Waals surface area contributed by atoms with E-state index in [2.05, 4.69) is 57.2 Å². The van der Waals surface area contributed by atoms with E-state index in [-0.39, 0.29) is 60.5 Å². The highest BCUT2D eigenvalue weighted by Gasteiger charge is 2.33. The zero-order valence-corrected chi connectivity index (χ0v) is 49.9. The van der Waals surface area contributed by atoms with Gasteiger partial charge in [-0.05, 0) is 160 Å². The maximum absolute atomic E-state index is 14.1. The summed E-state index contributed by atoms with van der Waals surface area (Å²) in [5.74, 6) is -3.52. The largest absolute Gasteiger partial charge is 0.416 e. The zero-order chi connectivity index (χ0) is 62.8. The fourth-order valence-electron chi connectivity index (χ4n) is 9.35. The number of amides is 4. The first-order valence-corrected chi connectivity index (χ1v) is 31.3. The lowest BCUT2D eigenvalue weighted by molar-refractivity contribution is -0.137. The fourth-order valence-corrected chi connectivity index (χ4v) is 13.6. The minimum absolute atomic E-state index is 0.00873. The maximum Gasteiger partial charge on any atom is 0.416 e. The lowest BCUT2D eigenvalue weighted by atomic mass is 10.0. The van der Waals surface area contributed by atoms with Crippen LogP contribution in [-0.4, -0.2) is 84.0 Å². The molecule has 2 fully saturated rings. The van der Waals surface area contributed by atoms with Crippen LogP contribution in [0.25, 0.3) is 0 Å². The lowest BCUT2D eigenvalue weighted by Gasteiger charge is -2.22. The van der Waals surface area contributed by atoms with E-state index in [1.807, 2.05) is 0 Å². The van der Waals surface area contributed by atoms with Gasteiger partial charge in [-0.3, -0.25) is 19.2 Å². The van der Waals surface area contributed by atoms with Crippen molar-refractivity contribution in [2.45, 2.75) is 71.4 Å². The molecule has 1 aliphatic heterocycles. The van der Waals surface area contributed by atoms with Gasteiger partial charge in [-0.15, -0.1) is 0 Å². The molecule has 2 aromatic heterocycles.